The zero-order chi connectivity index (χ0) is 29.6. The minimum Gasteiger partial charge on any atom is -0.466 e. The molecule has 0 amide bonds. The van der Waals surface area contributed by atoms with Crippen molar-refractivity contribution >= 4 is 35.1 Å². The molecular formula is C25H34N12O4. The Morgan fingerprint density at radius 2 is 1.76 bits per heavy atom. The Balaban J connectivity index is 2.02. The number of aromatic nitrogens is 6. The molecule has 41 heavy (non-hydrogen) atoms. The fourth-order valence-corrected chi connectivity index (χ4v) is 3.50. The first-order valence-corrected chi connectivity index (χ1v) is 12.8. The van der Waals surface area contributed by atoms with Crippen molar-refractivity contribution in [3.8, 4) is 12.0 Å². The Kier molecular flexibility index (Phi) is 11.8. The lowest BCUT2D eigenvalue weighted by Gasteiger charge is -2.19. The zero-order valence-corrected chi connectivity index (χ0v) is 23.7. The molecule has 0 bridgehead atoms. The molecule has 16 nitrogen and oxygen atoms in total. The standard InChI is InChI=1S/C25H34N12O4/c1-16(14-39-4)30-23-20(34-35-21-19(12-26)13-37(36-21)25-28-8-6-9-29-25)22(27-10-7-11-41-18(3)38)32-24(33-23)31-17(2)15-40-5/h6,8-9,13,16-17H,7,10-11,14-15H2,1-5H3,(H3,27,30,31,32,33). The number of nitriles is 1. The van der Waals surface area contributed by atoms with Crippen LogP contribution in [0.5, 0.6) is 0 Å². The maximum absolute atomic E-state index is 11.1. The van der Waals surface area contributed by atoms with Crippen molar-refractivity contribution in [3.05, 3.63) is 30.2 Å². The van der Waals surface area contributed by atoms with E-state index in [4.69, 9.17) is 14.2 Å². The Morgan fingerprint density at radius 1 is 1.07 bits per heavy atom. The van der Waals surface area contributed by atoms with Crippen LogP contribution in [0.3, 0.4) is 0 Å². The molecule has 16 heteroatoms. The number of methoxy groups -OCH3 is 2. The third kappa shape index (κ3) is 9.44. The summed E-state index contributed by atoms with van der Waals surface area (Å²) < 4.78 is 16.9. The summed E-state index contributed by atoms with van der Waals surface area (Å²) in [6.45, 7) is 6.70. The van der Waals surface area contributed by atoms with Gasteiger partial charge in [-0.25, -0.2) is 14.6 Å². The van der Waals surface area contributed by atoms with Crippen LogP contribution in [-0.2, 0) is 19.0 Å². The predicted octanol–water partition coefficient (Wildman–Crippen LogP) is 3.00. The molecule has 0 aromatic carbocycles. The molecular weight excluding hydrogens is 532 g/mol. The average Bonchev–Trinajstić information content (AvgIpc) is 3.36. The molecule has 0 aliphatic rings. The molecule has 0 spiro atoms. The van der Waals surface area contributed by atoms with E-state index in [1.54, 1.807) is 32.7 Å². The number of nitrogens with one attached hydrogen (secondary N) is 3. The second kappa shape index (κ2) is 15.7. The largest absolute Gasteiger partial charge is 0.466 e. The highest BCUT2D eigenvalue weighted by molar-refractivity contribution is 5.75. The van der Waals surface area contributed by atoms with Crippen LogP contribution in [0, 0.1) is 11.3 Å². The van der Waals surface area contributed by atoms with Gasteiger partial charge >= 0.3 is 5.97 Å². The number of nitrogens with zero attached hydrogens (tertiary/aromatic N) is 9. The number of hydrogen-bond donors (Lipinski definition) is 3. The van der Waals surface area contributed by atoms with Crippen molar-refractivity contribution in [2.75, 3.05) is 56.5 Å². The lowest BCUT2D eigenvalue weighted by molar-refractivity contribution is -0.140. The van der Waals surface area contributed by atoms with E-state index in [2.05, 4.69) is 57.3 Å². The van der Waals surface area contributed by atoms with Gasteiger partial charge in [0.05, 0.1) is 26.0 Å². The van der Waals surface area contributed by atoms with Gasteiger partial charge < -0.3 is 30.2 Å². The summed E-state index contributed by atoms with van der Waals surface area (Å²) >= 11 is 0. The van der Waals surface area contributed by atoms with Gasteiger partial charge in [0.25, 0.3) is 5.95 Å². The lowest BCUT2D eigenvalue weighted by Crippen LogP contribution is -2.25. The molecule has 2 unspecified atom stereocenters. The van der Waals surface area contributed by atoms with Gasteiger partial charge in [-0.3, -0.25) is 4.79 Å². The topological polar surface area (TPSA) is 199 Å². The molecule has 3 aromatic heterocycles. The number of azo groups is 1. The van der Waals surface area contributed by atoms with Crippen LogP contribution in [0.1, 0.15) is 32.8 Å². The van der Waals surface area contributed by atoms with Crippen molar-refractivity contribution < 1.29 is 19.0 Å². The number of carbonyl (C=O) groups is 1. The van der Waals surface area contributed by atoms with Crippen LogP contribution in [0.2, 0.25) is 0 Å². The summed E-state index contributed by atoms with van der Waals surface area (Å²) in [6, 6.07) is 3.51. The summed E-state index contributed by atoms with van der Waals surface area (Å²) in [5, 5.41) is 32.4. The number of ether oxygens (including phenoxy) is 3. The lowest BCUT2D eigenvalue weighted by atomic mass is 10.3. The second-order valence-corrected chi connectivity index (χ2v) is 8.89. The van der Waals surface area contributed by atoms with Crippen LogP contribution >= 0.6 is 0 Å². The predicted molar refractivity (Wildman–Crippen MR) is 150 cm³/mol. The third-order valence-electron chi connectivity index (χ3n) is 5.21. The van der Waals surface area contributed by atoms with Gasteiger partial charge in [-0.1, -0.05) is 0 Å². The first-order valence-electron chi connectivity index (χ1n) is 12.8. The van der Waals surface area contributed by atoms with Crippen molar-refractivity contribution in [2.24, 2.45) is 10.2 Å². The van der Waals surface area contributed by atoms with E-state index < -0.39 is 0 Å². The van der Waals surface area contributed by atoms with E-state index in [1.807, 2.05) is 13.8 Å². The quantitative estimate of drug-likeness (QED) is 0.130. The van der Waals surface area contributed by atoms with E-state index in [9.17, 15) is 10.1 Å². The number of rotatable bonds is 16. The van der Waals surface area contributed by atoms with E-state index in [1.165, 1.54) is 17.8 Å². The molecule has 3 heterocycles. The minimum atomic E-state index is -0.354. The van der Waals surface area contributed by atoms with Gasteiger partial charge in [0, 0.05) is 52.2 Å². The minimum absolute atomic E-state index is 0.0626. The van der Waals surface area contributed by atoms with Gasteiger partial charge in [0.15, 0.2) is 17.3 Å². The van der Waals surface area contributed by atoms with Gasteiger partial charge in [-0.05, 0) is 26.3 Å². The first-order chi connectivity index (χ1) is 19.8. The number of carbonyl (C=O) groups excluding carboxylic acids is 1. The van der Waals surface area contributed by atoms with E-state index in [0.29, 0.717) is 43.8 Å². The highest BCUT2D eigenvalue weighted by Gasteiger charge is 2.19. The molecule has 0 radical (unpaired) electrons. The Morgan fingerprint density at radius 3 is 2.41 bits per heavy atom. The summed E-state index contributed by atoms with van der Waals surface area (Å²) in [6.07, 6.45) is 5.12. The van der Waals surface area contributed by atoms with Crippen LogP contribution in [0.15, 0.2) is 34.9 Å². The van der Waals surface area contributed by atoms with Crippen molar-refractivity contribution in [3.63, 3.8) is 0 Å². The summed E-state index contributed by atoms with van der Waals surface area (Å²) in [5.41, 5.74) is 0.451. The third-order valence-corrected chi connectivity index (χ3v) is 5.21. The van der Waals surface area contributed by atoms with Crippen molar-refractivity contribution in [2.45, 2.75) is 39.3 Å². The number of hydrogen-bond acceptors (Lipinski definition) is 15. The van der Waals surface area contributed by atoms with Crippen LogP contribution in [0.25, 0.3) is 5.95 Å². The highest BCUT2D eigenvalue weighted by Crippen LogP contribution is 2.34. The van der Waals surface area contributed by atoms with Crippen molar-refractivity contribution in [1.29, 1.82) is 5.26 Å². The summed E-state index contributed by atoms with van der Waals surface area (Å²) in [4.78, 5) is 28.7. The molecule has 0 fully saturated rings. The van der Waals surface area contributed by atoms with Gasteiger partial charge in [0.1, 0.15) is 11.6 Å². The monoisotopic (exact) mass is 566 g/mol. The van der Waals surface area contributed by atoms with Crippen LogP contribution < -0.4 is 16.0 Å². The molecule has 0 aliphatic heterocycles. The van der Waals surface area contributed by atoms with Crippen LogP contribution in [-0.4, -0.2) is 88.4 Å². The maximum atomic E-state index is 11.1. The Labute approximate surface area is 237 Å². The summed E-state index contributed by atoms with van der Waals surface area (Å²) in [5.74, 6) is 1.04. The van der Waals surface area contributed by atoms with E-state index in [0.717, 1.165) is 0 Å². The molecule has 0 saturated carbocycles. The Bertz CT molecular complexity index is 1340. The molecule has 3 N–H and O–H groups in total. The number of anilines is 3. The molecule has 3 aromatic rings. The fraction of sp³-hybridized carbons (Fsp3) is 0.480. The summed E-state index contributed by atoms with van der Waals surface area (Å²) in [7, 11) is 3.21. The molecule has 0 aliphatic carbocycles. The van der Waals surface area contributed by atoms with Gasteiger partial charge in [0.2, 0.25) is 11.8 Å². The molecule has 2 atom stereocenters. The zero-order valence-electron chi connectivity index (χ0n) is 23.7. The molecule has 218 valence electrons. The van der Waals surface area contributed by atoms with Gasteiger partial charge in [-0.15, -0.1) is 15.3 Å². The van der Waals surface area contributed by atoms with E-state index in [-0.39, 0.29) is 47.7 Å². The highest BCUT2D eigenvalue weighted by atomic mass is 16.5. The fourth-order valence-electron chi connectivity index (χ4n) is 3.50. The smallest absolute Gasteiger partial charge is 0.302 e. The molecule has 0 saturated heterocycles. The van der Waals surface area contributed by atoms with Crippen molar-refractivity contribution in [1.82, 2.24) is 29.7 Å². The second-order valence-electron chi connectivity index (χ2n) is 8.89. The number of esters is 1. The maximum Gasteiger partial charge on any atom is 0.302 e. The Hall–Kier alpha value is -4.75. The van der Waals surface area contributed by atoms with Crippen LogP contribution in [0.4, 0.5) is 29.1 Å². The van der Waals surface area contributed by atoms with E-state index >= 15 is 0 Å². The normalized spacial score (nSPS) is 12.5. The van der Waals surface area contributed by atoms with Gasteiger partial charge in [-0.2, -0.15) is 15.2 Å². The average molecular weight is 567 g/mol. The SMILES string of the molecule is COCC(C)Nc1nc(NCCCOC(C)=O)c(N=Nc2nn(-c3ncccn3)cc2C#N)c(NC(C)COC)n1. The first kappa shape index (κ1) is 30.8. The molecule has 3 rings (SSSR count).